The van der Waals surface area contributed by atoms with Crippen molar-refractivity contribution >= 4 is 0 Å². The summed E-state index contributed by atoms with van der Waals surface area (Å²) in [5.41, 5.74) is 0. The largest absolute Gasteiger partial charge is 0.497 e. The monoisotopic (exact) mass is 235 g/mol. The molecule has 1 aliphatic heterocycles. The fraction of sp³-hybridized carbons (Fsp3) is 0.571. The molecule has 0 spiro atoms. The Morgan fingerprint density at radius 3 is 3.00 bits per heavy atom. The van der Waals surface area contributed by atoms with E-state index < -0.39 is 0 Å². The highest BCUT2D eigenvalue weighted by atomic mass is 16.5. The van der Waals surface area contributed by atoms with Crippen LogP contribution in [0.1, 0.15) is 25.7 Å². The summed E-state index contributed by atoms with van der Waals surface area (Å²) in [7, 11) is 1.67. The highest BCUT2D eigenvalue weighted by Gasteiger charge is 2.12. The predicted molar refractivity (Wildman–Crippen MR) is 68.7 cm³/mol. The minimum Gasteiger partial charge on any atom is -0.497 e. The van der Waals surface area contributed by atoms with E-state index in [4.69, 9.17) is 9.47 Å². The number of rotatable bonds is 6. The lowest BCUT2D eigenvalue weighted by molar-refractivity contribution is 0.297. The number of benzene rings is 1. The van der Waals surface area contributed by atoms with Gasteiger partial charge in [-0.2, -0.15) is 0 Å². The van der Waals surface area contributed by atoms with Gasteiger partial charge in [-0.25, -0.2) is 0 Å². The average molecular weight is 235 g/mol. The zero-order valence-electron chi connectivity index (χ0n) is 10.4. The molecule has 0 amide bonds. The van der Waals surface area contributed by atoms with Crippen LogP contribution in [0.2, 0.25) is 0 Å². The summed E-state index contributed by atoms with van der Waals surface area (Å²) in [5.74, 6) is 1.74. The normalized spacial score (nSPS) is 19.2. The summed E-state index contributed by atoms with van der Waals surface area (Å²) in [5, 5.41) is 3.50. The lowest BCUT2D eigenvalue weighted by Gasteiger charge is -2.11. The van der Waals surface area contributed by atoms with Crippen molar-refractivity contribution in [3.63, 3.8) is 0 Å². The van der Waals surface area contributed by atoms with E-state index in [1.807, 2.05) is 24.3 Å². The number of hydrogen-bond acceptors (Lipinski definition) is 3. The van der Waals surface area contributed by atoms with E-state index in [1.54, 1.807) is 7.11 Å². The van der Waals surface area contributed by atoms with Gasteiger partial charge in [0.1, 0.15) is 11.5 Å². The van der Waals surface area contributed by atoms with E-state index in [2.05, 4.69) is 5.32 Å². The van der Waals surface area contributed by atoms with Gasteiger partial charge in [0.25, 0.3) is 0 Å². The van der Waals surface area contributed by atoms with Crippen LogP contribution in [0, 0.1) is 0 Å². The fourth-order valence-corrected chi connectivity index (χ4v) is 2.21. The maximum absolute atomic E-state index is 5.70. The van der Waals surface area contributed by atoms with E-state index >= 15 is 0 Å². The van der Waals surface area contributed by atoms with Gasteiger partial charge in [0.2, 0.25) is 0 Å². The van der Waals surface area contributed by atoms with Crippen molar-refractivity contribution < 1.29 is 9.47 Å². The topological polar surface area (TPSA) is 30.5 Å². The third kappa shape index (κ3) is 3.93. The van der Waals surface area contributed by atoms with Gasteiger partial charge in [-0.1, -0.05) is 6.07 Å². The molecule has 1 atom stereocenters. The third-order valence-electron chi connectivity index (χ3n) is 3.17. The second-order valence-corrected chi connectivity index (χ2v) is 4.46. The number of ether oxygens (including phenoxy) is 2. The van der Waals surface area contributed by atoms with E-state index in [0.717, 1.165) is 24.5 Å². The van der Waals surface area contributed by atoms with Crippen molar-refractivity contribution in [3.8, 4) is 11.5 Å². The lowest BCUT2D eigenvalue weighted by Crippen LogP contribution is -2.21. The van der Waals surface area contributed by atoms with E-state index in [1.165, 1.54) is 25.8 Å². The van der Waals surface area contributed by atoms with Gasteiger partial charge in [0.05, 0.1) is 13.7 Å². The van der Waals surface area contributed by atoms with Crippen LogP contribution < -0.4 is 14.8 Å². The van der Waals surface area contributed by atoms with Crippen LogP contribution in [0.5, 0.6) is 11.5 Å². The first-order chi connectivity index (χ1) is 8.38. The summed E-state index contributed by atoms with van der Waals surface area (Å²) in [6.07, 6.45) is 4.96. The van der Waals surface area contributed by atoms with E-state index in [-0.39, 0.29) is 0 Å². The van der Waals surface area contributed by atoms with Crippen LogP contribution in [0.3, 0.4) is 0 Å². The molecule has 0 bridgehead atoms. The Labute approximate surface area is 103 Å². The maximum Gasteiger partial charge on any atom is 0.122 e. The summed E-state index contributed by atoms with van der Waals surface area (Å²) >= 11 is 0. The van der Waals surface area contributed by atoms with Crippen LogP contribution in [-0.4, -0.2) is 26.3 Å². The van der Waals surface area contributed by atoms with Gasteiger partial charge in [-0.15, -0.1) is 0 Å². The van der Waals surface area contributed by atoms with Gasteiger partial charge < -0.3 is 14.8 Å². The number of methoxy groups -OCH3 is 1. The van der Waals surface area contributed by atoms with Crippen molar-refractivity contribution in [1.29, 1.82) is 0 Å². The summed E-state index contributed by atoms with van der Waals surface area (Å²) in [6, 6.07) is 8.48. The maximum atomic E-state index is 5.70. The average Bonchev–Trinajstić information content (AvgIpc) is 2.88. The third-order valence-corrected chi connectivity index (χ3v) is 3.17. The zero-order chi connectivity index (χ0) is 11.9. The standard InChI is InChI=1S/C14H21NO2/c1-16-13-7-2-8-14(11-13)17-10-4-6-12-5-3-9-15-12/h2,7-8,11-12,15H,3-6,9-10H2,1H3. The second-order valence-electron chi connectivity index (χ2n) is 4.46. The Hall–Kier alpha value is -1.22. The molecule has 3 nitrogen and oxygen atoms in total. The van der Waals surface area contributed by atoms with Gasteiger partial charge in [-0.05, 0) is 44.4 Å². The molecule has 3 heteroatoms. The van der Waals surface area contributed by atoms with Crippen molar-refractivity contribution in [3.05, 3.63) is 24.3 Å². The van der Waals surface area contributed by atoms with Crippen molar-refractivity contribution in [2.75, 3.05) is 20.3 Å². The minimum atomic E-state index is 0.712. The van der Waals surface area contributed by atoms with Gasteiger partial charge >= 0.3 is 0 Å². The summed E-state index contributed by atoms with van der Waals surface area (Å²) in [4.78, 5) is 0. The fourth-order valence-electron chi connectivity index (χ4n) is 2.21. The Morgan fingerprint density at radius 2 is 2.24 bits per heavy atom. The second kappa shape index (κ2) is 6.50. The molecule has 0 saturated carbocycles. The molecule has 17 heavy (non-hydrogen) atoms. The SMILES string of the molecule is COc1cccc(OCCCC2CCCN2)c1. The molecule has 0 aromatic heterocycles. The van der Waals surface area contributed by atoms with Gasteiger partial charge in [0.15, 0.2) is 0 Å². The Morgan fingerprint density at radius 1 is 1.35 bits per heavy atom. The van der Waals surface area contributed by atoms with Crippen molar-refractivity contribution in [1.82, 2.24) is 5.32 Å². The minimum absolute atomic E-state index is 0.712. The summed E-state index contributed by atoms with van der Waals surface area (Å²) < 4.78 is 10.9. The Bertz CT molecular complexity index is 335. The molecule has 0 aliphatic carbocycles. The smallest absolute Gasteiger partial charge is 0.122 e. The van der Waals surface area contributed by atoms with Crippen LogP contribution in [0.25, 0.3) is 0 Å². The van der Waals surface area contributed by atoms with Crippen LogP contribution in [0.4, 0.5) is 0 Å². The predicted octanol–water partition coefficient (Wildman–Crippen LogP) is 2.61. The molecule has 0 radical (unpaired) electrons. The van der Waals surface area contributed by atoms with Crippen LogP contribution in [0.15, 0.2) is 24.3 Å². The first-order valence-corrected chi connectivity index (χ1v) is 6.39. The molecule has 2 rings (SSSR count). The van der Waals surface area contributed by atoms with Crippen LogP contribution >= 0.6 is 0 Å². The lowest BCUT2D eigenvalue weighted by atomic mass is 10.1. The van der Waals surface area contributed by atoms with Gasteiger partial charge in [0, 0.05) is 12.1 Å². The van der Waals surface area contributed by atoms with E-state index in [0.29, 0.717) is 6.04 Å². The van der Waals surface area contributed by atoms with Crippen LogP contribution in [-0.2, 0) is 0 Å². The molecule has 1 unspecified atom stereocenters. The molecule has 1 aromatic rings. The number of hydrogen-bond donors (Lipinski definition) is 1. The molecule has 1 saturated heterocycles. The first kappa shape index (κ1) is 12.2. The first-order valence-electron chi connectivity index (χ1n) is 6.39. The molecule has 94 valence electrons. The summed E-state index contributed by atoms with van der Waals surface area (Å²) in [6.45, 7) is 1.97. The molecular weight excluding hydrogens is 214 g/mol. The van der Waals surface area contributed by atoms with Crippen molar-refractivity contribution in [2.24, 2.45) is 0 Å². The zero-order valence-corrected chi connectivity index (χ0v) is 10.4. The molecule has 1 N–H and O–H groups in total. The quantitative estimate of drug-likeness (QED) is 0.769. The number of nitrogens with one attached hydrogen (secondary N) is 1. The highest BCUT2D eigenvalue weighted by Crippen LogP contribution is 2.19. The van der Waals surface area contributed by atoms with E-state index in [9.17, 15) is 0 Å². The molecule has 1 aromatic carbocycles. The molecule has 1 aliphatic rings. The van der Waals surface area contributed by atoms with Gasteiger partial charge in [-0.3, -0.25) is 0 Å². The Balaban J connectivity index is 1.66. The molecule has 1 fully saturated rings. The van der Waals surface area contributed by atoms with Crippen molar-refractivity contribution in [2.45, 2.75) is 31.7 Å². The highest BCUT2D eigenvalue weighted by molar-refractivity contribution is 5.32. The molecule has 1 heterocycles. The molecular formula is C14H21NO2. The Kier molecular flexibility index (Phi) is 4.68.